The van der Waals surface area contributed by atoms with E-state index in [4.69, 9.17) is 9.47 Å². The second-order valence-corrected chi connectivity index (χ2v) is 5.34. The van der Waals surface area contributed by atoms with Crippen LogP contribution in [0.5, 0.6) is 11.5 Å². The molecule has 0 bridgehead atoms. The van der Waals surface area contributed by atoms with E-state index in [1.807, 2.05) is 30.3 Å². The standard InChI is InChI=1S/C15H14BrNO2/c1-18-14-6-7-15-11(8-14)9-17(10-19-15)13-4-2-12(16)3-5-13/h2-8H,9-10H2,1H3. The zero-order valence-electron chi connectivity index (χ0n) is 10.6. The van der Waals surface area contributed by atoms with Crippen LogP contribution in [0.2, 0.25) is 0 Å². The lowest BCUT2D eigenvalue weighted by atomic mass is 10.1. The SMILES string of the molecule is COc1ccc2c(c1)CN(c1ccc(Br)cc1)CO2. The molecule has 4 heteroatoms. The van der Waals surface area contributed by atoms with Gasteiger partial charge < -0.3 is 14.4 Å². The molecule has 2 aromatic rings. The van der Waals surface area contributed by atoms with Crippen molar-refractivity contribution in [2.45, 2.75) is 6.54 Å². The molecule has 0 atom stereocenters. The van der Waals surface area contributed by atoms with Crippen molar-refractivity contribution in [3.8, 4) is 11.5 Å². The molecule has 3 rings (SSSR count). The van der Waals surface area contributed by atoms with Gasteiger partial charge in [0.2, 0.25) is 0 Å². The first-order valence-electron chi connectivity index (χ1n) is 6.06. The van der Waals surface area contributed by atoms with Crippen LogP contribution in [0.3, 0.4) is 0 Å². The van der Waals surface area contributed by atoms with Crippen LogP contribution in [0.1, 0.15) is 5.56 Å². The monoisotopic (exact) mass is 319 g/mol. The maximum atomic E-state index is 5.78. The number of halogens is 1. The predicted molar refractivity (Wildman–Crippen MR) is 78.8 cm³/mol. The third-order valence-corrected chi connectivity index (χ3v) is 3.73. The number of ether oxygens (including phenoxy) is 2. The first kappa shape index (κ1) is 12.4. The fourth-order valence-electron chi connectivity index (χ4n) is 2.16. The fourth-order valence-corrected chi connectivity index (χ4v) is 2.43. The second-order valence-electron chi connectivity index (χ2n) is 4.42. The first-order valence-corrected chi connectivity index (χ1v) is 6.86. The molecule has 0 radical (unpaired) electrons. The number of hydrogen-bond acceptors (Lipinski definition) is 3. The molecule has 1 heterocycles. The van der Waals surface area contributed by atoms with Crippen LogP contribution < -0.4 is 14.4 Å². The van der Waals surface area contributed by atoms with Crippen molar-refractivity contribution in [2.24, 2.45) is 0 Å². The van der Waals surface area contributed by atoms with Crippen molar-refractivity contribution >= 4 is 21.6 Å². The lowest BCUT2D eigenvalue weighted by molar-refractivity contribution is 0.288. The molecule has 0 amide bonds. The molecular weight excluding hydrogens is 306 g/mol. The van der Waals surface area contributed by atoms with E-state index >= 15 is 0 Å². The van der Waals surface area contributed by atoms with Crippen molar-refractivity contribution in [3.63, 3.8) is 0 Å². The minimum atomic E-state index is 0.570. The van der Waals surface area contributed by atoms with E-state index in [-0.39, 0.29) is 0 Å². The van der Waals surface area contributed by atoms with Gasteiger partial charge in [-0.3, -0.25) is 0 Å². The summed E-state index contributed by atoms with van der Waals surface area (Å²) in [4.78, 5) is 2.19. The number of anilines is 1. The van der Waals surface area contributed by atoms with Gasteiger partial charge in [0, 0.05) is 22.3 Å². The molecule has 19 heavy (non-hydrogen) atoms. The zero-order chi connectivity index (χ0) is 13.2. The summed E-state index contributed by atoms with van der Waals surface area (Å²) in [5.41, 5.74) is 2.30. The van der Waals surface area contributed by atoms with E-state index in [9.17, 15) is 0 Å². The van der Waals surface area contributed by atoms with Gasteiger partial charge >= 0.3 is 0 Å². The average Bonchev–Trinajstić information content (AvgIpc) is 2.47. The third-order valence-electron chi connectivity index (χ3n) is 3.20. The molecule has 1 aliphatic rings. The summed E-state index contributed by atoms with van der Waals surface area (Å²) in [6.45, 7) is 1.40. The minimum Gasteiger partial charge on any atom is -0.497 e. The van der Waals surface area contributed by atoms with Gasteiger partial charge in [-0.2, -0.15) is 0 Å². The molecule has 0 fully saturated rings. The molecule has 1 aliphatic heterocycles. The van der Waals surface area contributed by atoms with Crippen LogP contribution in [0.4, 0.5) is 5.69 Å². The Kier molecular flexibility index (Phi) is 3.34. The molecule has 0 saturated heterocycles. The zero-order valence-corrected chi connectivity index (χ0v) is 12.2. The highest BCUT2D eigenvalue weighted by Gasteiger charge is 2.18. The highest BCUT2D eigenvalue weighted by Crippen LogP contribution is 2.31. The van der Waals surface area contributed by atoms with Crippen LogP contribution >= 0.6 is 15.9 Å². The molecule has 0 spiro atoms. The molecule has 0 saturated carbocycles. The van der Waals surface area contributed by atoms with Crippen LogP contribution in [0.15, 0.2) is 46.9 Å². The predicted octanol–water partition coefficient (Wildman–Crippen LogP) is 3.81. The average molecular weight is 320 g/mol. The normalized spacial score (nSPS) is 13.7. The topological polar surface area (TPSA) is 21.7 Å². The maximum Gasteiger partial charge on any atom is 0.161 e. The molecular formula is C15H14BrNO2. The first-order chi connectivity index (χ1) is 9.26. The summed E-state index contributed by atoms with van der Waals surface area (Å²) in [5.74, 6) is 1.80. The van der Waals surface area contributed by atoms with Gasteiger partial charge in [0.25, 0.3) is 0 Å². The molecule has 0 aromatic heterocycles. The van der Waals surface area contributed by atoms with Crippen LogP contribution in [-0.2, 0) is 6.54 Å². The van der Waals surface area contributed by atoms with Gasteiger partial charge in [-0.25, -0.2) is 0 Å². The Labute approximate surface area is 120 Å². The Morgan fingerprint density at radius 2 is 1.95 bits per heavy atom. The van der Waals surface area contributed by atoms with Crippen LogP contribution in [0, 0.1) is 0 Å². The summed E-state index contributed by atoms with van der Waals surface area (Å²) < 4.78 is 12.1. The molecule has 0 N–H and O–H groups in total. The number of rotatable bonds is 2. The van der Waals surface area contributed by atoms with E-state index in [0.29, 0.717) is 6.73 Å². The van der Waals surface area contributed by atoms with Crippen molar-refractivity contribution in [3.05, 3.63) is 52.5 Å². The number of hydrogen-bond donors (Lipinski definition) is 0. The fraction of sp³-hybridized carbons (Fsp3) is 0.200. The van der Waals surface area contributed by atoms with E-state index in [2.05, 4.69) is 33.0 Å². The number of benzene rings is 2. The molecule has 3 nitrogen and oxygen atoms in total. The molecule has 2 aromatic carbocycles. The van der Waals surface area contributed by atoms with Gasteiger partial charge in [-0.15, -0.1) is 0 Å². The van der Waals surface area contributed by atoms with Gasteiger partial charge in [-0.05, 0) is 42.5 Å². The Morgan fingerprint density at radius 1 is 1.16 bits per heavy atom. The summed E-state index contributed by atoms with van der Waals surface area (Å²) in [7, 11) is 1.68. The van der Waals surface area contributed by atoms with E-state index in [0.717, 1.165) is 33.8 Å². The lowest BCUT2D eigenvalue weighted by Crippen LogP contribution is -2.31. The highest BCUT2D eigenvalue weighted by atomic mass is 79.9. The Hall–Kier alpha value is -1.68. The third kappa shape index (κ3) is 2.54. The molecule has 0 unspecified atom stereocenters. The molecule has 98 valence electrons. The summed E-state index contributed by atoms with van der Waals surface area (Å²) in [6.07, 6.45) is 0. The van der Waals surface area contributed by atoms with Gasteiger partial charge in [0.1, 0.15) is 11.5 Å². The van der Waals surface area contributed by atoms with Crippen LogP contribution in [-0.4, -0.2) is 13.8 Å². The summed E-state index contributed by atoms with van der Waals surface area (Å²) in [5, 5.41) is 0. The second kappa shape index (κ2) is 5.13. The number of nitrogens with zero attached hydrogens (tertiary/aromatic N) is 1. The quantitative estimate of drug-likeness (QED) is 0.840. The van der Waals surface area contributed by atoms with E-state index < -0.39 is 0 Å². The Balaban J connectivity index is 1.86. The summed E-state index contributed by atoms with van der Waals surface area (Å²) in [6, 6.07) is 14.2. The number of methoxy groups -OCH3 is 1. The van der Waals surface area contributed by atoms with E-state index in [1.165, 1.54) is 0 Å². The highest BCUT2D eigenvalue weighted by molar-refractivity contribution is 9.10. The molecule has 0 aliphatic carbocycles. The van der Waals surface area contributed by atoms with Crippen LogP contribution in [0.25, 0.3) is 0 Å². The minimum absolute atomic E-state index is 0.570. The van der Waals surface area contributed by atoms with E-state index in [1.54, 1.807) is 7.11 Å². The van der Waals surface area contributed by atoms with Crippen molar-refractivity contribution < 1.29 is 9.47 Å². The lowest BCUT2D eigenvalue weighted by Gasteiger charge is -2.31. The van der Waals surface area contributed by atoms with Crippen molar-refractivity contribution in [2.75, 3.05) is 18.7 Å². The van der Waals surface area contributed by atoms with Gasteiger partial charge in [0.05, 0.1) is 7.11 Å². The summed E-state index contributed by atoms with van der Waals surface area (Å²) >= 11 is 3.45. The Morgan fingerprint density at radius 3 is 2.68 bits per heavy atom. The number of fused-ring (bicyclic) bond motifs is 1. The smallest absolute Gasteiger partial charge is 0.161 e. The maximum absolute atomic E-state index is 5.78. The van der Waals surface area contributed by atoms with Crippen molar-refractivity contribution in [1.29, 1.82) is 0 Å². The Bertz CT molecular complexity index is 583. The van der Waals surface area contributed by atoms with Gasteiger partial charge in [0.15, 0.2) is 6.73 Å². The van der Waals surface area contributed by atoms with Gasteiger partial charge in [-0.1, -0.05) is 15.9 Å². The largest absolute Gasteiger partial charge is 0.497 e. The van der Waals surface area contributed by atoms with Crippen molar-refractivity contribution in [1.82, 2.24) is 0 Å².